The fourth-order valence-electron chi connectivity index (χ4n) is 3.35. The number of thioether (sulfide) groups is 1. The summed E-state index contributed by atoms with van der Waals surface area (Å²) in [4.78, 5) is 17.1. The summed E-state index contributed by atoms with van der Waals surface area (Å²) in [5.41, 5.74) is 7.51. The number of carbonyl (C=O) groups excluding carboxylic acids is 1. The molecule has 27 heavy (non-hydrogen) atoms. The molecular weight excluding hydrogens is 365 g/mol. The molecule has 1 aromatic carbocycles. The number of carbonyl (C=O) groups is 1. The molecular formula is C19H20FN5OS. The maximum Gasteiger partial charge on any atom is 0.187 e. The van der Waals surface area contributed by atoms with Gasteiger partial charge in [-0.15, -0.1) is 0 Å². The number of ketones is 1. The number of aromatic nitrogens is 2. The monoisotopic (exact) mass is 385 g/mol. The first-order valence-electron chi connectivity index (χ1n) is 8.74. The Balaban J connectivity index is 1.60. The van der Waals surface area contributed by atoms with E-state index in [-0.39, 0.29) is 18.0 Å². The lowest BCUT2D eigenvalue weighted by Crippen LogP contribution is -2.28. The smallest absolute Gasteiger partial charge is 0.187 e. The van der Waals surface area contributed by atoms with E-state index in [2.05, 4.69) is 15.4 Å². The lowest BCUT2D eigenvalue weighted by Gasteiger charge is -2.26. The number of hydrogen-bond donors (Lipinski definition) is 2. The number of hydrogen-bond acceptors (Lipinski definition) is 6. The van der Waals surface area contributed by atoms with E-state index in [4.69, 9.17) is 5.73 Å². The van der Waals surface area contributed by atoms with Gasteiger partial charge in [0.05, 0.1) is 12.2 Å². The van der Waals surface area contributed by atoms with E-state index in [0.29, 0.717) is 23.0 Å². The number of nitrogens with one attached hydrogen (secondary N) is 1. The zero-order valence-electron chi connectivity index (χ0n) is 14.9. The van der Waals surface area contributed by atoms with Crippen molar-refractivity contribution in [2.45, 2.75) is 32.0 Å². The number of aliphatic imine (C=N–C) groups is 1. The van der Waals surface area contributed by atoms with Crippen LogP contribution < -0.4 is 11.1 Å². The van der Waals surface area contributed by atoms with Crippen molar-refractivity contribution in [2.24, 2.45) is 10.7 Å². The summed E-state index contributed by atoms with van der Waals surface area (Å²) in [6, 6.07) is 6.53. The van der Waals surface area contributed by atoms with Gasteiger partial charge in [0.1, 0.15) is 17.1 Å². The summed E-state index contributed by atoms with van der Waals surface area (Å²) >= 11 is 1.30. The van der Waals surface area contributed by atoms with Crippen LogP contribution in [0, 0.1) is 5.82 Å². The molecule has 6 nitrogen and oxygen atoms in total. The minimum Gasteiger partial charge on any atom is -0.378 e. The molecule has 0 spiro atoms. The third kappa shape index (κ3) is 3.54. The number of halogens is 1. The third-order valence-corrected chi connectivity index (χ3v) is 5.43. The van der Waals surface area contributed by atoms with Crippen LogP contribution in [-0.4, -0.2) is 27.3 Å². The number of nitrogens with zero attached hydrogens (tertiary/aromatic N) is 3. The molecule has 2 aromatic rings. The second kappa shape index (κ2) is 6.94. The van der Waals surface area contributed by atoms with Crippen molar-refractivity contribution in [1.82, 2.24) is 15.1 Å². The highest BCUT2D eigenvalue weighted by Crippen LogP contribution is 2.34. The van der Waals surface area contributed by atoms with E-state index >= 15 is 0 Å². The molecule has 2 aliphatic rings. The summed E-state index contributed by atoms with van der Waals surface area (Å²) in [6.45, 7) is 4.11. The molecule has 0 saturated heterocycles. The molecule has 3 heterocycles. The quantitative estimate of drug-likeness (QED) is 0.789. The summed E-state index contributed by atoms with van der Waals surface area (Å²) < 4.78 is 16.3. The van der Waals surface area contributed by atoms with Crippen molar-refractivity contribution in [3.05, 3.63) is 64.1 Å². The van der Waals surface area contributed by atoms with E-state index in [0.717, 1.165) is 24.3 Å². The van der Waals surface area contributed by atoms with Crippen LogP contribution >= 0.6 is 11.8 Å². The van der Waals surface area contributed by atoms with Crippen LogP contribution in [0.4, 0.5) is 4.39 Å². The minimum atomic E-state index is -0.877. The van der Waals surface area contributed by atoms with Crippen molar-refractivity contribution in [1.29, 1.82) is 0 Å². The van der Waals surface area contributed by atoms with Gasteiger partial charge in [-0.1, -0.05) is 17.8 Å². The molecule has 0 unspecified atom stereocenters. The molecule has 0 saturated carbocycles. The lowest BCUT2D eigenvalue weighted by atomic mass is 9.90. The number of fused-ring (bicyclic) bond motifs is 1. The second-order valence-electron chi connectivity index (χ2n) is 6.85. The van der Waals surface area contributed by atoms with E-state index in [9.17, 15) is 9.18 Å². The molecule has 0 fully saturated rings. The number of nitrogens with two attached hydrogens (primary N) is 1. The van der Waals surface area contributed by atoms with Gasteiger partial charge in [-0.05, 0) is 42.2 Å². The average Bonchev–Trinajstić information content (AvgIpc) is 3.07. The van der Waals surface area contributed by atoms with Gasteiger partial charge in [-0.25, -0.2) is 9.38 Å². The van der Waals surface area contributed by atoms with Crippen molar-refractivity contribution in [3.63, 3.8) is 0 Å². The van der Waals surface area contributed by atoms with Crippen molar-refractivity contribution in [2.75, 3.05) is 6.54 Å². The summed E-state index contributed by atoms with van der Waals surface area (Å²) in [7, 11) is 0. The largest absolute Gasteiger partial charge is 0.378 e. The van der Waals surface area contributed by atoms with E-state index in [1.807, 2.05) is 22.2 Å². The minimum absolute atomic E-state index is 0.0858. The molecule has 0 aliphatic carbocycles. The van der Waals surface area contributed by atoms with Crippen LogP contribution in [0.5, 0.6) is 0 Å². The lowest BCUT2D eigenvalue weighted by molar-refractivity contribution is 0.0987. The van der Waals surface area contributed by atoms with Gasteiger partial charge < -0.3 is 11.1 Å². The second-order valence-corrected chi connectivity index (χ2v) is 7.78. The highest BCUT2D eigenvalue weighted by Gasteiger charge is 2.29. The maximum atomic E-state index is 14.5. The Labute approximate surface area is 160 Å². The first-order chi connectivity index (χ1) is 12.9. The zero-order valence-corrected chi connectivity index (χ0v) is 15.7. The Morgan fingerprint density at radius 3 is 3.07 bits per heavy atom. The SMILES string of the molecule is C[C@@]1(c2cc(CC(=O)c3cc4n(n3)CCNC4)ccc2F)C=CSC(N)=N1. The number of amidine groups is 1. The van der Waals surface area contributed by atoms with Crippen LogP contribution in [0.25, 0.3) is 0 Å². The maximum absolute atomic E-state index is 14.5. The van der Waals surface area contributed by atoms with Crippen LogP contribution in [0.15, 0.2) is 40.7 Å². The summed E-state index contributed by atoms with van der Waals surface area (Å²) in [5, 5.41) is 9.85. The van der Waals surface area contributed by atoms with Gasteiger partial charge in [0.15, 0.2) is 11.0 Å². The highest BCUT2D eigenvalue weighted by atomic mass is 32.2. The Bertz CT molecular complexity index is 944. The molecule has 8 heteroatoms. The van der Waals surface area contributed by atoms with E-state index in [1.165, 1.54) is 17.8 Å². The number of benzene rings is 1. The normalized spacial score (nSPS) is 21.6. The molecule has 4 rings (SSSR count). The Kier molecular flexibility index (Phi) is 4.61. The molecule has 140 valence electrons. The molecule has 1 aromatic heterocycles. The summed E-state index contributed by atoms with van der Waals surface area (Å²) in [5.74, 6) is -0.456. The van der Waals surface area contributed by atoms with Crippen molar-refractivity contribution < 1.29 is 9.18 Å². The fraction of sp³-hybridized carbons (Fsp3) is 0.316. The Morgan fingerprint density at radius 1 is 1.44 bits per heavy atom. The zero-order chi connectivity index (χ0) is 19.0. The Hall–Kier alpha value is -2.45. The van der Waals surface area contributed by atoms with Crippen LogP contribution in [0.2, 0.25) is 0 Å². The molecule has 2 aliphatic heterocycles. The average molecular weight is 385 g/mol. The fourth-order valence-corrected chi connectivity index (χ4v) is 4.07. The van der Waals surface area contributed by atoms with Gasteiger partial charge in [-0.3, -0.25) is 9.48 Å². The van der Waals surface area contributed by atoms with Crippen LogP contribution in [0.1, 0.15) is 34.2 Å². The van der Waals surface area contributed by atoms with Crippen LogP contribution in [0.3, 0.4) is 0 Å². The molecule has 1 atom stereocenters. The van der Waals surface area contributed by atoms with E-state index in [1.54, 1.807) is 19.1 Å². The summed E-state index contributed by atoms with van der Waals surface area (Å²) in [6.07, 6.45) is 1.97. The number of Topliss-reactive ketones (excluding diaryl/α,β-unsaturated/α-hetero) is 1. The predicted molar refractivity (Wildman–Crippen MR) is 104 cm³/mol. The van der Waals surface area contributed by atoms with Crippen LogP contribution in [-0.2, 0) is 25.0 Å². The highest BCUT2D eigenvalue weighted by molar-refractivity contribution is 8.16. The van der Waals surface area contributed by atoms with Gasteiger partial charge >= 0.3 is 0 Å². The van der Waals surface area contributed by atoms with Gasteiger partial charge in [0.2, 0.25) is 0 Å². The van der Waals surface area contributed by atoms with Gasteiger partial charge in [0, 0.05) is 25.1 Å². The first-order valence-corrected chi connectivity index (χ1v) is 9.62. The molecule has 3 N–H and O–H groups in total. The van der Waals surface area contributed by atoms with E-state index < -0.39 is 5.54 Å². The molecule has 0 radical (unpaired) electrons. The molecule has 0 bridgehead atoms. The van der Waals surface area contributed by atoms with Gasteiger partial charge in [-0.2, -0.15) is 5.10 Å². The first kappa shape index (κ1) is 17.9. The third-order valence-electron chi connectivity index (χ3n) is 4.82. The standard InChI is InChI=1S/C19H20FN5OS/c1-19(4-7-27-18(21)23-19)14-8-12(2-3-15(14)20)9-17(26)16-10-13-11-22-5-6-25(13)24-16/h2-4,7-8,10,22H,5-6,9,11H2,1H3,(H2,21,23)/t19-/m0/s1. The van der Waals surface area contributed by atoms with Crippen molar-refractivity contribution in [3.8, 4) is 0 Å². The Morgan fingerprint density at radius 2 is 2.30 bits per heavy atom. The van der Waals surface area contributed by atoms with Crippen molar-refractivity contribution >= 4 is 22.7 Å². The topological polar surface area (TPSA) is 85.3 Å². The predicted octanol–water partition coefficient (Wildman–Crippen LogP) is 2.34. The number of rotatable bonds is 4. The van der Waals surface area contributed by atoms with Gasteiger partial charge in [0.25, 0.3) is 0 Å². The molecule has 0 amide bonds.